The van der Waals surface area contributed by atoms with E-state index in [1.807, 2.05) is 12.1 Å². The fourth-order valence-electron chi connectivity index (χ4n) is 1.91. The van der Waals surface area contributed by atoms with E-state index in [-0.39, 0.29) is 0 Å². The first-order chi connectivity index (χ1) is 8.60. The van der Waals surface area contributed by atoms with Crippen molar-refractivity contribution in [1.82, 2.24) is 4.98 Å². The van der Waals surface area contributed by atoms with Crippen LogP contribution in [0.15, 0.2) is 36.4 Å². The number of pyridine rings is 1. The number of hydrogen-bond acceptors (Lipinski definition) is 3. The Balaban J connectivity index is 2.45. The van der Waals surface area contributed by atoms with Crippen LogP contribution in [-0.2, 0) is 0 Å². The summed E-state index contributed by atoms with van der Waals surface area (Å²) in [4.78, 5) is 6.40. The van der Waals surface area contributed by atoms with E-state index in [9.17, 15) is 0 Å². The predicted octanol–water partition coefficient (Wildman–Crippen LogP) is 3.78. The zero-order valence-electron chi connectivity index (χ0n) is 10.5. The van der Waals surface area contributed by atoms with Crippen molar-refractivity contribution in [3.8, 4) is 0 Å². The van der Waals surface area contributed by atoms with Gasteiger partial charge < -0.3 is 10.6 Å². The van der Waals surface area contributed by atoms with Gasteiger partial charge in [-0.05, 0) is 37.6 Å². The van der Waals surface area contributed by atoms with Gasteiger partial charge in [-0.3, -0.25) is 0 Å². The first-order valence-corrected chi connectivity index (χ1v) is 6.25. The third kappa shape index (κ3) is 2.74. The van der Waals surface area contributed by atoms with Crippen molar-refractivity contribution in [1.29, 1.82) is 0 Å². The summed E-state index contributed by atoms with van der Waals surface area (Å²) in [6.45, 7) is 4.94. The van der Waals surface area contributed by atoms with E-state index in [0.717, 1.165) is 18.1 Å². The van der Waals surface area contributed by atoms with Crippen molar-refractivity contribution in [2.45, 2.75) is 13.8 Å². The SMILES string of the molecule is CCN(c1cccc(C)c1)c1cc(N)cc(Cl)n1. The number of halogens is 1. The van der Waals surface area contributed by atoms with Gasteiger partial charge in [0.05, 0.1) is 0 Å². The van der Waals surface area contributed by atoms with Gasteiger partial charge in [0.1, 0.15) is 11.0 Å². The van der Waals surface area contributed by atoms with Gasteiger partial charge >= 0.3 is 0 Å². The van der Waals surface area contributed by atoms with Crippen molar-refractivity contribution in [3.05, 3.63) is 47.1 Å². The van der Waals surface area contributed by atoms with Gasteiger partial charge in [0.2, 0.25) is 0 Å². The third-order valence-electron chi connectivity index (χ3n) is 2.71. The maximum atomic E-state index is 5.95. The van der Waals surface area contributed by atoms with Crippen molar-refractivity contribution in [2.75, 3.05) is 17.2 Å². The summed E-state index contributed by atoms with van der Waals surface area (Å²) >= 11 is 5.95. The molecular weight excluding hydrogens is 246 g/mol. The lowest BCUT2D eigenvalue weighted by molar-refractivity contribution is 0.989. The van der Waals surface area contributed by atoms with Crippen LogP contribution in [0.5, 0.6) is 0 Å². The molecule has 2 rings (SSSR count). The monoisotopic (exact) mass is 261 g/mol. The lowest BCUT2D eigenvalue weighted by Gasteiger charge is -2.23. The largest absolute Gasteiger partial charge is 0.399 e. The molecule has 0 fully saturated rings. The van der Waals surface area contributed by atoms with Crippen LogP contribution in [0.1, 0.15) is 12.5 Å². The summed E-state index contributed by atoms with van der Waals surface area (Å²) < 4.78 is 0. The second-order valence-electron chi connectivity index (χ2n) is 4.16. The first kappa shape index (κ1) is 12.7. The van der Waals surface area contributed by atoms with Crippen LogP contribution in [-0.4, -0.2) is 11.5 Å². The van der Waals surface area contributed by atoms with Gasteiger partial charge in [-0.2, -0.15) is 0 Å². The van der Waals surface area contributed by atoms with Crippen LogP contribution >= 0.6 is 11.6 Å². The molecule has 4 heteroatoms. The Bertz CT molecular complexity index is 534. The summed E-state index contributed by atoms with van der Waals surface area (Å²) in [6, 6.07) is 11.7. The topological polar surface area (TPSA) is 42.1 Å². The van der Waals surface area contributed by atoms with Crippen LogP contribution in [0.25, 0.3) is 0 Å². The van der Waals surface area contributed by atoms with E-state index in [1.54, 1.807) is 6.07 Å². The number of aryl methyl sites for hydroxylation is 1. The van der Waals surface area contributed by atoms with Gasteiger partial charge in [0.25, 0.3) is 0 Å². The Hall–Kier alpha value is -1.74. The maximum Gasteiger partial charge on any atom is 0.136 e. The minimum absolute atomic E-state index is 0.413. The Morgan fingerprint density at radius 1 is 1.28 bits per heavy atom. The van der Waals surface area contributed by atoms with Crippen molar-refractivity contribution >= 4 is 28.8 Å². The molecule has 1 aromatic heterocycles. The number of nitrogens with two attached hydrogens (primary N) is 1. The zero-order chi connectivity index (χ0) is 13.1. The van der Waals surface area contributed by atoms with Gasteiger partial charge in [-0.1, -0.05) is 23.7 Å². The van der Waals surface area contributed by atoms with Gasteiger partial charge in [0, 0.05) is 24.0 Å². The van der Waals surface area contributed by atoms with Crippen LogP contribution in [0, 0.1) is 6.92 Å². The van der Waals surface area contributed by atoms with E-state index < -0.39 is 0 Å². The molecule has 1 aromatic carbocycles. The van der Waals surface area contributed by atoms with Crippen LogP contribution in [0.3, 0.4) is 0 Å². The molecule has 2 N–H and O–H groups in total. The number of anilines is 3. The molecule has 0 spiro atoms. The average molecular weight is 262 g/mol. The molecule has 0 unspecified atom stereocenters. The normalized spacial score (nSPS) is 10.4. The van der Waals surface area contributed by atoms with Gasteiger partial charge in [-0.25, -0.2) is 4.98 Å². The minimum atomic E-state index is 0.413. The second kappa shape index (κ2) is 5.27. The fraction of sp³-hybridized carbons (Fsp3) is 0.214. The molecule has 0 saturated carbocycles. The highest BCUT2D eigenvalue weighted by molar-refractivity contribution is 6.29. The van der Waals surface area contributed by atoms with Gasteiger partial charge in [0.15, 0.2) is 0 Å². The molecule has 0 amide bonds. The molecule has 0 bridgehead atoms. The maximum absolute atomic E-state index is 5.95. The first-order valence-electron chi connectivity index (χ1n) is 5.87. The van der Waals surface area contributed by atoms with E-state index in [1.165, 1.54) is 5.56 Å². The predicted molar refractivity (Wildman–Crippen MR) is 77.5 cm³/mol. The number of nitrogen functional groups attached to an aromatic ring is 1. The second-order valence-corrected chi connectivity index (χ2v) is 4.55. The Morgan fingerprint density at radius 3 is 2.67 bits per heavy atom. The van der Waals surface area contributed by atoms with Crippen molar-refractivity contribution < 1.29 is 0 Å². The Kier molecular flexibility index (Phi) is 3.72. The molecule has 1 heterocycles. The number of hydrogen-bond donors (Lipinski definition) is 1. The summed E-state index contributed by atoms with van der Waals surface area (Å²) in [5.74, 6) is 0.771. The Morgan fingerprint density at radius 2 is 2.06 bits per heavy atom. The molecule has 0 saturated heterocycles. The molecule has 0 aliphatic carbocycles. The molecule has 0 aliphatic rings. The smallest absolute Gasteiger partial charge is 0.136 e. The van der Waals surface area contributed by atoms with Crippen molar-refractivity contribution in [2.24, 2.45) is 0 Å². The molecule has 2 aromatic rings. The summed E-state index contributed by atoms with van der Waals surface area (Å²) in [6.07, 6.45) is 0. The highest BCUT2D eigenvalue weighted by Crippen LogP contribution is 2.27. The fourth-order valence-corrected chi connectivity index (χ4v) is 2.13. The zero-order valence-corrected chi connectivity index (χ0v) is 11.3. The number of nitrogens with zero attached hydrogens (tertiary/aromatic N) is 2. The van der Waals surface area contributed by atoms with E-state index >= 15 is 0 Å². The molecule has 3 nitrogen and oxygen atoms in total. The van der Waals surface area contributed by atoms with Crippen LogP contribution < -0.4 is 10.6 Å². The molecule has 0 atom stereocenters. The van der Waals surface area contributed by atoms with Gasteiger partial charge in [-0.15, -0.1) is 0 Å². The number of aromatic nitrogens is 1. The third-order valence-corrected chi connectivity index (χ3v) is 2.90. The molecule has 0 aliphatic heterocycles. The number of rotatable bonds is 3. The number of benzene rings is 1. The van der Waals surface area contributed by atoms with Crippen LogP contribution in [0.2, 0.25) is 5.15 Å². The molecular formula is C14H16ClN3. The highest BCUT2D eigenvalue weighted by Gasteiger charge is 2.10. The quantitative estimate of drug-likeness (QED) is 0.855. The van der Waals surface area contributed by atoms with E-state index in [2.05, 4.69) is 41.9 Å². The average Bonchev–Trinajstić information content (AvgIpc) is 2.28. The summed E-state index contributed by atoms with van der Waals surface area (Å²) in [5, 5.41) is 0.413. The molecule has 0 radical (unpaired) electrons. The summed E-state index contributed by atoms with van der Waals surface area (Å²) in [5.41, 5.74) is 8.73. The lowest BCUT2D eigenvalue weighted by Crippen LogP contribution is -2.17. The molecule has 18 heavy (non-hydrogen) atoms. The minimum Gasteiger partial charge on any atom is -0.399 e. The Labute approximate surface area is 112 Å². The lowest BCUT2D eigenvalue weighted by atomic mass is 10.2. The van der Waals surface area contributed by atoms with E-state index in [0.29, 0.717) is 10.8 Å². The summed E-state index contributed by atoms with van der Waals surface area (Å²) in [7, 11) is 0. The van der Waals surface area contributed by atoms with Crippen LogP contribution in [0.4, 0.5) is 17.2 Å². The standard InChI is InChI=1S/C14H16ClN3/c1-3-18(12-6-4-5-10(2)7-12)14-9-11(16)8-13(15)17-14/h4-9H,3H2,1-2H3,(H2,16,17). The molecule has 94 valence electrons. The van der Waals surface area contributed by atoms with Crippen molar-refractivity contribution in [3.63, 3.8) is 0 Å². The van der Waals surface area contributed by atoms with E-state index in [4.69, 9.17) is 17.3 Å². The highest BCUT2D eigenvalue weighted by atomic mass is 35.5.